The van der Waals surface area contributed by atoms with E-state index in [1.807, 2.05) is 36.4 Å². The fraction of sp³-hybridized carbons (Fsp3) is 0.296. The largest absolute Gasteiger partial charge is 0.496 e. The molecule has 3 aromatic rings. The molecule has 4 rings (SSSR count). The van der Waals surface area contributed by atoms with Gasteiger partial charge in [-0.2, -0.15) is 0 Å². The number of hydrogen-bond acceptors (Lipinski definition) is 5. The second kappa shape index (κ2) is 11.5. The number of rotatable bonds is 4. The van der Waals surface area contributed by atoms with E-state index in [1.165, 1.54) is 11.1 Å². The van der Waals surface area contributed by atoms with E-state index >= 15 is 0 Å². The van der Waals surface area contributed by atoms with Gasteiger partial charge in [0.2, 0.25) is 0 Å². The van der Waals surface area contributed by atoms with Crippen LogP contribution in [0.1, 0.15) is 32.6 Å². The Morgan fingerprint density at radius 1 is 1.00 bits per heavy atom. The van der Waals surface area contributed by atoms with E-state index in [1.54, 1.807) is 13.2 Å². The molecule has 2 bridgehead atoms. The summed E-state index contributed by atoms with van der Waals surface area (Å²) in [5.74, 6) is 1.40. The Bertz CT molecular complexity index is 1080. The smallest absolute Gasteiger partial charge is 0.251 e. The number of ether oxygens (including phenoxy) is 3. The van der Waals surface area contributed by atoms with Gasteiger partial charge in [0.25, 0.3) is 5.91 Å². The molecule has 0 saturated heterocycles. The van der Waals surface area contributed by atoms with Crippen LogP contribution in [0, 0.1) is 0 Å². The van der Waals surface area contributed by atoms with Gasteiger partial charge < -0.3 is 24.8 Å². The Labute approximate surface area is 194 Å². The van der Waals surface area contributed by atoms with Gasteiger partial charge in [0.05, 0.1) is 20.3 Å². The second-order valence-electron chi connectivity index (χ2n) is 7.95. The zero-order chi connectivity index (χ0) is 22.9. The molecule has 3 aromatic carbocycles. The van der Waals surface area contributed by atoms with Gasteiger partial charge in [-0.25, -0.2) is 0 Å². The van der Waals surface area contributed by atoms with Crippen LogP contribution in [0.15, 0.2) is 66.7 Å². The number of fused-ring (bicyclic) bond motifs is 3. The Morgan fingerprint density at radius 3 is 2.79 bits per heavy atom. The van der Waals surface area contributed by atoms with Gasteiger partial charge in [-0.15, -0.1) is 0 Å². The molecule has 2 N–H and O–H groups in total. The van der Waals surface area contributed by atoms with Crippen LogP contribution >= 0.6 is 0 Å². The molecular weight excluding hydrogens is 416 g/mol. The summed E-state index contributed by atoms with van der Waals surface area (Å²) >= 11 is 0. The molecule has 0 fully saturated rings. The fourth-order valence-electron chi connectivity index (χ4n) is 3.89. The number of para-hydroxylation sites is 1. The van der Waals surface area contributed by atoms with E-state index in [0.29, 0.717) is 38.3 Å². The first kappa shape index (κ1) is 22.8. The molecule has 6 nitrogen and oxygen atoms in total. The summed E-state index contributed by atoms with van der Waals surface area (Å²) in [6, 6.07) is 21.8. The molecular formula is C27H30N2O4. The van der Waals surface area contributed by atoms with Gasteiger partial charge in [-0.1, -0.05) is 42.5 Å². The minimum Gasteiger partial charge on any atom is -0.496 e. The number of hydrogen-bond donors (Lipinski definition) is 2. The molecule has 1 heterocycles. The van der Waals surface area contributed by atoms with Gasteiger partial charge in [-0.05, 0) is 41.0 Å². The third-order valence-electron chi connectivity index (χ3n) is 5.58. The maximum atomic E-state index is 12.9. The number of methoxy groups -OCH3 is 1. The minimum atomic E-state index is -0.135. The highest BCUT2D eigenvalue weighted by molar-refractivity contribution is 5.94. The lowest BCUT2D eigenvalue weighted by Crippen LogP contribution is -2.23. The topological polar surface area (TPSA) is 68.8 Å². The highest BCUT2D eigenvalue weighted by Gasteiger charge is 2.13. The molecule has 0 aliphatic carbocycles. The average molecular weight is 447 g/mol. The van der Waals surface area contributed by atoms with Crippen LogP contribution in [0.5, 0.6) is 11.5 Å². The maximum absolute atomic E-state index is 12.9. The lowest BCUT2D eigenvalue weighted by atomic mass is 9.99. The lowest BCUT2D eigenvalue weighted by molar-refractivity contribution is 0.0949. The summed E-state index contributed by atoms with van der Waals surface area (Å²) in [7, 11) is 1.63. The van der Waals surface area contributed by atoms with Crippen molar-refractivity contribution < 1.29 is 19.0 Å². The Kier molecular flexibility index (Phi) is 7.95. The van der Waals surface area contributed by atoms with Gasteiger partial charge >= 0.3 is 0 Å². The quantitative estimate of drug-likeness (QED) is 0.640. The standard InChI is InChI=1S/C27H30N2O4/c1-31-25-8-3-2-7-23(25)19-29-27(30)22-9-10-26-24(17-22)16-20-5-4-6-21(15-20)18-28-11-12-32-13-14-33-26/h2-10,15,17,28H,11-14,16,18-19H2,1H3,(H,29,30). The molecule has 0 saturated carbocycles. The molecule has 0 aromatic heterocycles. The van der Waals surface area contributed by atoms with Crippen molar-refractivity contribution in [3.63, 3.8) is 0 Å². The maximum Gasteiger partial charge on any atom is 0.251 e. The molecule has 1 aliphatic rings. The third kappa shape index (κ3) is 6.34. The summed E-state index contributed by atoms with van der Waals surface area (Å²) in [6.45, 7) is 3.62. The van der Waals surface area contributed by atoms with E-state index in [2.05, 4.69) is 34.9 Å². The van der Waals surface area contributed by atoms with Gasteiger partial charge in [0.15, 0.2) is 0 Å². The lowest BCUT2D eigenvalue weighted by Gasteiger charge is -2.16. The second-order valence-corrected chi connectivity index (χ2v) is 7.95. The van der Waals surface area contributed by atoms with Crippen molar-refractivity contribution in [1.82, 2.24) is 10.6 Å². The monoisotopic (exact) mass is 446 g/mol. The average Bonchev–Trinajstić information content (AvgIpc) is 2.84. The number of carbonyl (C=O) groups excluding carboxylic acids is 1. The highest BCUT2D eigenvalue weighted by Crippen LogP contribution is 2.25. The van der Waals surface area contributed by atoms with Gasteiger partial charge in [0.1, 0.15) is 18.1 Å². The highest BCUT2D eigenvalue weighted by atomic mass is 16.5. The fourth-order valence-corrected chi connectivity index (χ4v) is 3.89. The first-order chi connectivity index (χ1) is 16.2. The first-order valence-electron chi connectivity index (χ1n) is 11.2. The minimum absolute atomic E-state index is 0.135. The number of carbonyl (C=O) groups is 1. The SMILES string of the molecule is COc1ccccc1CNC(=O)c1ccc2c(c1)Cc1cccc(c1)CNCCOCCO2. The van der Waals surface area contributed by atoms with E-state index in [9.17, 15) is 4.79 Å². The number of benzene rings is 3. The van der Waals surface area contributed by atoms with Crippen molar-refractivity contribution >= 4 is 5.91 Å². The Morgan fingerprint density at radius 2 is 1.88 bits per heavy atom. The normalized spacial score (nSPS) is 14.3. The van der Waals surface area contributed by atoms with Crippen LogP contribution in [0.4, 0.5) is 0 Å². The van der Waals surface area contributed by atoms with Crippen molar-refractivity contribution in [3.8, 4) is 11.5 Å². The number of nitrogens with one attached hydrogen (secondary N) is 2. The van der Waals surface area contributed by atoms with Crippen LogP contribution in [-0.4, -0.2) is 39.4 Å². The summed E-state index contributed by atoms with van der Waals surface area (Å²) in [5.41, 5.74) is 4.90. The summed E-state index contributed by atoms with van der Waals surface area (Å²) in [4.78, 5) is 12.9. The van der Waals surface area contributed by atoms with Crippen LogP contribution in [0.25, 0.3) is 0 Å². The summed E-state index contributed by atoms with van der Waals surface area (Å²) in [6.07, 6.45) is 0.678. The van der Waals surface area contributed by atoms with Crippen molar-refractivity contribution in [2.45, 2.75) is 19.5 Å². The van der Waals surface area contributed by atoms with Gasteiger partial charge in [0, 0.05) is 37.2 Å². The molecule has 0 spiro atoms. The Balaban J connectivity index is 1.54. The van der Waals surface area contributed by atoms with E-state index in [4.69, 9.17) is 14.2 Å². The predicted molar refractivity (Wildman–Crippen MR) is 128 cm³/mol. The molecule has 0 unspecified atom stereocenters. The van der Waals surface area contributed by atoms with Crippen LogP contribution in [-0.2, 0) is 24.2 Å². The zero-order valence-electron chi connectivity index (χ0n) is 18.9. The van der Waals surface area contributed by atoms with Crippen LogP contribution in [0.3, 0.4) is 0 Å². The third-order valence-corrected chi connectivity index (χ3v) is 5.58. The number of amides is 1. The molecule has 1 aliphatic heterocycles. The van der Waals surface area contributed by atoms with E-state index in [0.717, 1.165) is 35.7 Å². The predicted octanol–water partition coefficient (Wildman–Crippen LogP) is 3.71. The molecule has 6 heteroatoms. The van der Waals surface area contributed by atoms with Gasteiger partial charge in [-0.3, -0.25) is 4.79 Å². The van der Waals surface area contributed by atoms with Crippen molar-refractivity contribution in [3.05, 3.63) is 94.5 Å². The summed E-state index contributed by atoms with van der Waals surface area (Å²) in [5, 5.41) is 6.40. The molecule has 0 radical (unpaired) electrons. The summed E-state index contributed by atoms with van der Waals surface area (Å²) < 4.78 is 17.0. The van der Waals surface area contributed by atoms with Crippen molar-refractivity contribution in [2.75, 3.05) is 33.5 Å². The molecule has 172 valence electrons. The first-order valence-corrected chi connectivity index (χ1v) is 11.2. The molecule has 33 heavy (non-hydrogen) atoms. The molecule has 0 atom stereocenters. The van der Waals surface area contributed by atoms with E-state index < -0.39 is 0 Å². The zero-order valence-corrected chi connectivity index (χ0v) is 18.9. The molecule has 1 amide bonds. The van der Waals surface area contributed by atoms with Crippen LogP contribution < -0.4 is 20.1 Å². The Hall–Kier alpha value is -3.35. The van der Waals surface area contributed by atoms with Crippen molar-refractivity contribution in [1.29, 1.82) is 0 Å². The van der Waals surface area contributed by atoms with Crippen molar-refractivity contribution in [2.24, 2.45) is 0 Å². The van der Waals surface area contributed by atoms with E-state index in [-0.39, 0.29) is 5.91 Å². The van der Waals surface area contributed by atoms with Crippen LogP contribution in [0.2, 0.25) is 0 Å².